The highest BCUT2D eigenvalue weighted by atomic mass is 16.5. The number of nitrogens with one attached hydrogen (secondary N) is 1. The van der Waals surface area contributed by atoms with E-state index in [0.717, 1.165) is 37.0 Å². The van der Waals surface area contributed by atoms with E-state index in [1.165, 1.54) is 0 Å². The maximum absolute atomic E-state index is 12.1. The van der Waals surface area contributed by atoms with Gasteiger partial charge in [0.2, 0.25) is 5.91 Å². The number of benzene rings is 1. The first kappa shape index (κ1) is 16.8. The van der Waals surface area contributed by atoms with Crippen molar-refractivity contribution in [3.63, 3.8) is 0 Å². The van der Waals surface area contributed by atoms with Crippen LogP contribution in [-0.2, 0) is 11.2 Å². The van der Waals surface area contributed by atoms with Crippen LogP contribution in [0.5, 0.6) is 5.75 Å². The average molecular weight is 305 g/mol. The molecular weight excluding hydrogens is 278 g/mol. The van der Waals surface area contributed by atoms with Crippen molar-refractivity contribution >= 4 is 5.91 Å². The Kier molecular flexibility index (Phi) is 6.25. The quantitative estimate of drug-likeness (QED) is 0.849. The van der Waals surface area contributed by atoms with Gasteiger partial charge in [0.1, 0.15) is 5.75 Å². The third kappa shape index (κ3) is 5.34. The molecule has 1 aliphatic rings. The second-order valence-corrected chi connectivity index (χ2v) is 6.44. The van der Waals surface area contributed by atoms with Gasteiger partial charge in [0.15, 0.2) is 0 Å². The molecule has 0 bridgehead atoms. The molecule has 2 atom stereocenters. The Labute approximate surface area is 132 Å². The molecule has 0 spiro atoms. The summed E-state index contributed by atoms with van der Waals surface area (Å²) in [7, 11) is 0. The van der Waals surface area contributed by atoms with E-state index in [-0.39, 0.29) is 18.1 Å². The Morgan fingerprint density at radius 2 is 2.14 bits per heavy atom. The van der Waals surface area contributed by atoms with Gasteiger partial charge in [-0.2, -0.15) is 0 Å². The van der Waals surface area contributed by atoms with Crippen molar-refractivity contribution in [2.45, 2.75) is 58.2 Å². The molecule has 0 aliphatic heterocycles. The molecule has 0 heterocycles. The molecule has 2 rings (SSSR count). The van der Waals surface area contributed by atoms with Gasteiger partial charge in [0, 0.05) is 12.1 Å². The van der Waals surface area contributed by atoms with Crippen LogP contribution >= 0.6 is 0 Å². The molecule has 1 amide bonds. The second-order valence-electron chi connectivity index (χ2n) is 6.44. The summed E-state index contributed by atoms with van der Waals surface area (Å²) < 4.78 is 5.74. The Hall–Kier alpha value is -1.55. The van der Waals surface area contributed by atoms with Gasteiger partial charge in [0.25, 0.3) is 0 Å². The summed E-state index contributed by atoms with van der Waals surface area (Å²) >= 11 is 0. The smallest absolute Gasteiger partial charge is 0.224 e. The van der Waals surface area contributed by atoms with E-state index in [2.05, 4.69) is 5.32 Å². The number of para-hydroxylation sites is 1. The molecule has 2 unspecified atom stereocenters. The zero-order valence-electron chi connectivity index (χ0n) is 13.5. The highest BCUT2D eigenvalue weighted by molar-refractivity contribution is 5.79. The van der Waals surface area contributed by atoms with Crippen LogP contribution in [0.15, 0.2) is 24.3 Å². The number of aliphatic hydroxyl groups excluding tert-OH is 1. The van der Waals surface area contributed by atoms with Gasteiger partial charge >= 0.3 is 0 Å². The molecule has 1 aliphatic carbocycles. The van der Waals surface area contributed by atoms with E-state index in [0.29, 0.717) is 18.9 Å². The lowest BCUT2D eigenvalue weighted by molar-refractivity contribution is -0.120. The minimum atomic E-state index is -0.198. The highest BCUT2D eigenvalue weighted by Gasteiger charge is 2.20. The molecular formula is C18H27NO3. The van der Waals surface area contributed by atoms with Crippen LogP contribution in [0.2, 0.25) is 0 Å². The molecule has 1 fully saturated rings. The number of rotatable bonds is 6. The van der Waals surface area contributed by atoms with E-state index in [4.69, 9.17) is 4.74 Å². The van der Waals surface area contributed by atoms with Gasteiger partial charge in [-0.15, -0.1) is 0 Å². The van der Waals surface area contributed by atoms with Crippen LogP contribution in [0.25, 0.3) is 0 Å². The first-order valence-corrected chi connectivity index (χ1v) is 8.24. The summed E-state index contributed by atoms with van der Waals surface area (Å²) in [5.41, 5.74) is 0.914. The fraction of sp³-hybridized carbons (Fsp3) is 0.611. The minimum Gasteiger partial charge on any atom is -0.491 e. The van der Waals surface area contributed by atoms with Crippen molar-refractivity contribution in [1.29, 1.82) is 0 Å². The van der Waals surface area contributed by atoms with Crippen LogP contribution < -0.4 is 10.1 Å². The Morgan fingerprint density at radius 1 is 1.36 bits per heavy atom. The van der Waals surface area contributed by atoms with E-state index in [9.17, 15) is 9.90 Å². The zero-order valence-corrected chi connectivity index (χ0v) is 13.5. The topological polar surface area (TPSA) is 58.6 Å². The van der Waals surface area contributed by atoms with Crippen LogP contribution in [0.3, 0.4) is 0 Å². The van der Waals surface area contributed by atoms with Crippen molar-refractivity contribution in [3.05, 3.63) is 29.8 Å². The van der Waals surface area contributed by atoms with E-state index >= 15 is 0 Å². The van der Waals surface area contributed by atoms with E-state index < -0.39 is 0 Å². The molecule has 0 aromatic heterocycles. The maximum Gasteiger partial charge on any atom is 0.224 e. The summed E-state index contributed by atoms with van der Waals surface area (Å²) in [6, 6.07) is 7.68. The number of carbonyl (C=O) groups excluding carboxylic acids is 1. The number of hydrogen-bond donors (Lipinski definition) is 2. The molecule has 4 nitrogen and oxygen atoms in total. The lowest BCUT2D eigenvalue weighted by Crippen LogP contribution is -2.33. The third-order valence-corrected chi connectivity index (χ3v) is 4.03. The summed E-state index contributed by atoms with van der Waals surface area (Å²) in [6.45, 7) is 4.61. The number of amides is 1. The summed E-state index contributed by atoms with van der Waals surface area (Å²) in [5.74, 6) is 1.19. The molecule has 1 aromatic carbocycles. The van der Waals surface area contributed by atoms with Gasteiger partial charge in [0.05, 0.1) is 18.6 Å². The Balaban J connectivity index is 1.84. The molecule has 1 saturated carbocycles. The van der Waals surface area contributed by atoms with Crippen molar-refractivity contribution in [1.82, 2.24) is 5.32 Å². The lowest BCUT2D eigenvalue weighted by Gasteiger charge is -2.26. The standard InChI is InChI=1S/C18H27NO3/c1-13(2)22-17-9-4-3-7-15(17)11-18(21)19-12-14-6-5-8-16(20)10-14/h3-4,7,9,13-14,16,20H,5-6,8,10-12H2,1-2H3,(H,19,21). The van der Waals surface area contributed by atoms with E-state index in [1.54, 1.807) is 0 Å². The molecule has 4 heteroatoms. The summed E-state index contributed by atoms with van der Waals surface area (Å²) in [4.78, 5) is 12.1. The molecule has 22 heavy (non-hydrogen) atoms. The van der Waals surface area contributed by atoms with Crippen molar-refractivity contribution < 1.29 is 14.6 Å². The van der Waals surface area contributed by atoms with Gasteiger partial charge in [-0.25, -0.2) is 0 Å². The first-order chi connectivity index (χ1) is 10.5. The zero-order chi connectivity index (χ0) is 15.9. The molecule has 0 saturated heterocycles. The number of hydrogen-bond acceptors (Lipinski definition) is 3. The SMILES string of the molecule is CC(C)Oc1ccccc1CC(=O)NCC1CCCC(O)C1. The number of carbonyl (C=O) groups is 1. The lowest BCUT2D eigenvalue weighted by atomic mass is 9.87. The molecule has 122 valence electrons. The summed E-state index contributed by atoms with van der Waals surface area (Å²) in [5, 5.41) is 12.7. The van der Waals surface area contributed by atoms with E-state index in [1.807, 2.05) is 38.1 Å². The van der Waals surface area contributed by atoms with Crippen LogP contribution in [-0.4, -0.2) is 29.8 Å². The largest absolute Gasteiger partial charge is 0.491 e. The summed E-state index contributed by atoms with van der Waals surface area (Å²) in [6.07, 6.45) is 4.05. The fourth-order valence-electron chi connectivity index (χ4n) is 2.96. The predicted octanol–water partition coefficient (Wildman–Crippen LogP) is 2.68. The second kappa shape index (κ2) is 8.18. The van der Waals surface area contributed by atoms with Gasteiger partial charge in [-0.05, 0) is 45.1 Å². The van der Waals surface area contributed by atoms with Crippen LogP contribution in [0.4, 0.5) is 0 Å². The molecule has 1 aromatic rings. The van der Waals surface area contributed by atoms with Crippen molar-refractivity contribution in [2.75, 3.05) is 6.54 Å². The first-order valence-electron chi connectivity index (χ1n) is 8.24. The van der Waals surface area contributed by atoms with Gasteiger partial charge < -0.3 is 15.2 Å². The number of ether oxygens (including phenoxy) is 1. The van der Waals surface area contributed by atoms with Crippen molar-refractivity contribution in [2.24, 2.45) is 5.92 Å². The van der Waals surface area contributed by atoms with Crippen molar-refractivity contribution in [3.8, 4) is 5.75 Å². The van der Waals surface area contributed by atoms with Gasteiger partial charge in [-0.3, -0.25) is 4.79 Å². The molecule has 2 N–H and O–H groups in total. The fourth-order valence-corrected chi connectivity index (χ4v) is 2.96. The van der Waals surface area contributed by atoms with Gasteiger partial charge in [-0.1, -0.05) is 24.6 Å². The number of aliphatic hydroxyl groups is 1. The Bertz CT molecular complexity index is 487. The minimum absolute atomic E-state index is 0.0138. The third-order valence-electron chi connectivity index (χ3n) is 4.03. The van der Waals surface area contributed by atoms with Crippen LogP contribution in [0, 0.1) is 5.92 Å². The Morgan fingerprint density at radius 3 is 2.86 bits per heavy atom. The predicted molar refractivity (Wildman–Crippen MR) is 86.9 cm³/mol. The maximum atomic E-state index is 12.1. The monoisotopic (exact) mass is 305 g/mol. The normalized spacial score (nSPS) is 21.6. The van der Waals surface area contributed by atoms with Crippen LogP contribution in [0.1, 0.15) is 45.1 Å². The highest BCUT2D eigenvalue weighted by Crippen LogP contribution is 2.24. The molecule has 0 radical (unpaired) electrons. The average Bonchev–Trinajstić information content (AvgIpc) is 2.47.